The van der Waals surface area contributed by atoms with Crippen molar-refractivity contribution in [3.8, 4) is 0 Å². The lowest BCUT2D eigenvalue weighted by atomic mass is 9.57. The molecule has 0 N–H and O–H groups in total. The Morgan fingerprint density at radius 2 is 2.00 bits per heavy atom. The third-order valence-corrected chi connectivity index (χ3v) is 4.70. The van der Waals surface area contributed by atoms with Gasteiger partial charge in [0.25, 0.3) is 0 Å². The Balaban J connectivity index is 2.33. The number of fused-ring (bicyclic) bond motifs is 1. The summed E-state index contributed by atoms with van der Waals surface area (Å²) in [5.74, 6) is 1.10. The van der Waals surface area contributed by atoms with Gasteiger partial charge < -0.3 is 4.74 Å². The van der Waals surface area contributed by atoms with Gasteiger partial charge in [-0.25, -0.2) is 0 Å². The summed E-state index contributed by atoms with van der Waals surface area (Å²) in [6, 6.07) is 0. The van der Waals surface area contributed by atoms with Crippen LogP contribution in [0.1, 0.15) is 47.0 Å². The van der Waals surface area contributed by atoms with E-state index >= 15 is 0 Å². The Labute approximate surface area is 86.0 Å². The smallest absolute Gasteiger partial charge is 0.306 e. The molecule has 3 unspecified atom stereocenters. The molecule has 0 aromatic carbocycles. The van der Waals surface area contributed by atoms with Gasteiger partial charge in [0, 0.05) is 5.92 Å². The van der Waals surface area contributed by atoms with Crippen LogP contribution in [0.15, 0.2) is 0 Å². The number of carbonyl (C=O) groups is 1. The summed E-state index contributed by atoms with van der Waals surface area (Å²) in [6.07, 6.45) is 2.83. The predicted octanol–water partition coefficient (Wildman–Crippen LogP) is 2.76. The highest BCUT2D eigenvalue weighted by atomic mass is 16.6. The molecule has 80 valence electrons. The molecule has 2 nitrogen and oxygen atoms in total. The van der Waals surface area contributed by atoms with Crippen LogP contribution in [0.2, 0.25) is 0 Å². The van der Waals surface area contributed by atoms with E-state index in [9.17, 15) is 4.79 Å². The standard InChI is InChI=1S/C12H20O2/c1-8-5-6-12(4)9(11(8,2)3)7-10(13)14-12/h8-9H,5-7H2,1-4H3. The first-order valence-corrected chi connectivity index (χ1v) is 5.58. The predicted molar refractivity (Wildman–Crippen MR) is 54.8 cm³/mol. The Kier molecular flexibility index (Phi) is 1.96. The topological polar surface area (TPSA) is 26.3 Å². The maximum absolute atomic E-state index is 11.4. The van der Waals surface area contributed by atoms with Crippen molar-refractivity contribution >= 4 is 5.97 Å². The van der Waals surface area contributed by atoms with Crippen molar-refractivity contribution in [3.63, 3.8) is 0 Å². The van der Waals surface area contributed by atoms with Gasteiger partial charge in [-0.2, -0.15) is 0 Å². The average molecular weight is 196 g/mol. The summed E-state index contributed by atoms with van der Waals surface area (Å²) >= 11 is 0. The molecule has 0 bridgehead atoms. The summed E-state index contributed by atoms with van der Waals surface area (Å²) in [7, 11) is 0. The van der Waals surface area contributed by atoms with Gasteiger partial charge in [-0.15, -0.1) is 0 Å². The highest BCUT2D eigenvalue weighted by Crippen LogP contribution is 2.55. The minimum Gasteiger partial charge on any atom is -0.459 e. The molecule has 0 radical (unpaired) electrons. The molecule has 1 saturated heterocycles. The largest absolute Gasteiger partial charge is 0.459 e. The van der Waals surface area contributed by atoms with Crippen LogP contribution in [-0.4, -0.2) is 11.6 Å². The van der Waals surface area contributed by atoms with Crippen LogP contribution < -0.4 is 0 Å². The SMILES string of the molecule is CC1CCC2(C)OC(=O)CC2C1(C)C. The number of ether oxygens (including phenoxy) is 1. The minimum atomic E-state index is -0.174. The first-order valence-electron chi connectivity index (χ1n) is 5.58. The van der Waals surface area contributed by atoms with Crippen LogP contribution in [0.3, 0.4) is 0 Å². The number of esters is 1. The third-order valence-electron chi connectivity index (χ3n) is 4.70. The molecule has 2 aliphatic rings. The summed E-state index contributed by atoms with van der Waals surface area (Å²) in [6.45, 7) is 8.96. The summed E-state index contributed by atoms with van der Waals surface area (Å²) in [5.41, 5.74) is 0.0618. The molecule has 3 atom stereocenters. The molecule has 2 fully saturated rings. The van der Waals surface area contributed by atoms with Crippen molar-refractivity contribution in [1.29, 1.82) is 0 Å². The van der Waals surface area contributed by atoms with Crippen molar-refractivity contribution in [2.75, 3.05) is 0 Å². The first kappa shape index (κ1) is 10.0. The number of hydrogen-bond donors (Lipinski definition) is 0. The monoisotopic (exact) mass is 196 g/mol. The van der Waals surface area contributed by atoms with E-state index in [0.29, 0.717) is 18.3 Å². The Morgan fingerprint density at radius 1 is 1.36 bits per heavy atom. The number of rotatable bonds is 0. The third kappa shape index (κ3) is 1.19. The van der Waals surface area contributed by atoms with Gasteiger partial charge in [0.1, 0.15) is 5.60 Å². The number of hydrogen-bond acceptors (Lipinski definition) is 2. The molecule has 14 heavy (non-hydrogen) atoms. The molecule has 1 aliphatic carbocycles. The van der Waals surface area contributed by atoms with E-state index in [-0.39, 0.29) is 17.0 Å². The molecule has 0 aromatic heterocycles. The van der Waals surface area contributed by atoms with Crippen LogP contribution in [0.5, 0.6) is 0 Å². The maximum Gasteiger partial charge on any atom is 0.306 e. The van der Waals surface area contributed by atoms with Crippen LogP contribution in [0.4, 0.5) is 0 Å². The Morgan fingerprint density at radius 3 is 2.64 bits per heavy atom. The maximum atomic E-state index is 11.4. The lowest BCUT2D eigenvalue weighted by molar-refractivity contribution is -0.153. The summed E-state index contributed by atoms with van der Waals surface area (Å²) in [5, 5.41) is 0. The second kappa shape index (κ2) is 2.74. The van der Waals surface area contributed by atoms with Crippen LogP contribution in [-0.2, 0) is 9.53 Å². The highest BCUT2D eigenvalue weighted by Gasteiger charge is 2.56. The highest BCUT2D eigenvalue weighted by molar-refractivity contribution is 5.73. The molecule has 1 heterocycles. The quantitative estimate of drug-likeness (QED) is 0.557. The van der Waals surface area contributed by atoms with E-state index in [4.69, 9.17) is 4.74 Å². The van der Waals surface area contributed by atoms with Crippen molar-refractivity contribution in [1.82, 2.24) is 0 Å². The Bertz CT molecular complexity index is 269. The fraction of sp³-hybridized carbons (Fsp3) is 0.917. The Hall–Kier alpha value is -0.530. The summed E-state index contributed by atoms with van der Waals surface area (Å²) < 4.78 is 5.50. The summed E-state index contributed by atoms with van der Waals surface area (Å²) in [4.78, 5) is 11.4. The van der Waals surface area contributed by atoms with Crippen molar-refractivity contribution < 1.29 is 9.53 Å². The van der Waals surface area contributed by atoms with Gasteiger partial charge in [0.05, 0.1) is 6.42 Å². The van der Waals surface area contributed by atoms with Crippen molar-refractivity contribution in [2.45, 2.75) is 52.6 Å². The van der Waals surface area contributed by atoms with Crippen LogP contribution >= 0.6 is 0 Å². The van der Waals surface area contributed by atoms with Gasteiger partial charge in [-0.1, -0.05) is 20.8 Å². The fourth-order valence-electron chi connectivity index (χ4n) is 3.25. The molecule has 0 aromatic rings. The second-order valence-corrected chi connectivity index (χ2v) is 5.80. The zero-order valence-corrected chi connectivity index (χ0v) is 9.59. The zero-order valence-electron chi connectivity index (χ0n) is 9.59. The molecule has 0 amide bonds. The van der Waals surface area contributed by atoms with Gasteiger partial charge in [-0.05, 0) is 31.1 Å². The van der Waals surface area contributed by atoms with Crippen molar-refractivity contribution in [3.05, 3.63) is 0 Å². The number of carbonyl (C=O) groups excluding carboxylic acids is 1. The minimum absolute atomic E-state index is 0.000301. The van der Waals surface area contributed by atoms with Crippen molar-refractivity contribution in [2.24, 2.45) is 17.3 Å². The molecule has 1 aliphatic heterocycles. The second-order valence-electron chi connectivity index (χ2n) is 5.80. The molecule has 2 heteroatoms. The first-order chi connectivity index (χ1) is 6.36. The van der Waals surface area contributed by atoms with Gasteiger partial charge in [-0.3, -0.25) is 4.79 Å². The van der Waals surface area contributed by atoms with Gasteiger partial charge in [0.2, 0.25) is 0 Å². The van der Waals surface area contributed by atoms with Crippen LogP contribution in [0, 0.1) is 17.3 Å². The van der Waals surface area contributed by atoms with E-state index in [1.54, 1.807) is 0 Å². The normalized spacial score (nSPS) is 45.9. The van der Waals surface area contributed by atoms with E-state index in [2.05, 4.69) is 27.7 Å². The molecule has 1 saturated carbocycles. The van der Waals surface area contributed by atoms with Crippen LogP contribution in [0.25, 0.3) is 0 Å². The molecule has 2 rings (SSSR count). The van der Waals surface area contributed by atoms with E-state index in [1.165, 1.54) is 6.42 Å². The van der Waals surface area contributed by atoms with Gasteiger partial charge in [0.15, 0.2) is 0 Å². The average Bonchev–Trinajstić information content (AvgIpc) is 2.37. The molecule has 0 spiro atoms. The lowest BCUT2D eigenvalue weighted by Gasteiger charge is -2.48. The van der Waals surface area contributed by atoms with Gasteiger partial charge >= 0.3 is 5.97 Å². The van der Waals surface area contributed by atoms with E-state index in [1.807, 2.05) is 0 Å². The zero-order chi connectivity index (χ0) is 10.6. The molecular weight excluding hydrogens is 176 g/mol. The van der Waals surface area contributed by atoms with E-state index < -0.39 is 0 Å². The molecular formula is C12H20O2. The lowest BCUT2D eigenvalue weighted by Crippen LogP contribution is -2.48. The fourth-order valence-corrected chi connectivity index (χ4v) is 3.25. The van der Waals surface area contributed by atoms with E-state index in [0.717, 1.165) is 6.42 Å².